The quantitative estimate of drug-likeness (QED) is 0.704. The van der Waals surface area contributed by atoms with Gasteiger partial charge in [-0.2, -0.15) is 0 Å². The topological polar surface area (TPSA) is 35.5 Å². The molecule has 3 nitrogen and oxygen atoms in total. The molecule has 5 heteroatoms. The van der Waals surface area contributed by atoms with E-state index in [2.05, 4.69) is 0 Å². The Morgan fingerprint density at radius 3 is 1.57 bits per heavy atom. The van der Waals surface area contributed by atoms with Crippen LogP contribution in [0.1, 0.15) is 22.3 Å². The average Bonchev–Trinajstić information content (AvgIpc) is 2.40. The Labute approximate surface area is 124 Å². The van der Waals surface area contributed by atoms with Crippen molar-refractivity contribution in [2.24, 2.45) is 0 Å². The third-order valence-corrected chi connectivity index (χ3v) is 4.35. The summed E-state index contributed by atoms with van der Waals surface area (Å²) in [6, 6.07) is 10.3. The fourth-order valence-corrected chi connectivity index (χ4v) is 2.80. The first kappa shape index (κ1) is 15.6. The van der Waals surface area contributed by atoms with Gasteiger partial charge >= 0.3 is 7.91 Å². The van der Waals surface area contributed by atoms with Crippen LogP contribution in [0.2, 0.25) is 0 Å². The standard InChI is InChI=1S/C16H18FO3P/c1-11-7-5-9-15(13(11)3)19-21(17,18)20-16-10-6-8-12(2)14(16)4/h5-10H,1-4H3. The lowest BCUT2D eigenvalue weighted by Crippen LogP contribution is -2.00. The Morgan fingerprint density at radius 1 is 0.810 bits per heavy atom. The minimum atomic E-state index is -4.73. The summed E-state index contributed by atoms with van der Waals surface area (Å²) in [6.07, 6.45) is 0. The zero-order chi connectivity index (χ0) is 15.6. The summed E-state index contributed by atoms with van der Waals surface area (Å²) < 4.78 is 36.1. The summed E-state index contributed by atoms with van der Waals surface area (Å²) >= 11 is 0. The van der Waals surface area contributed by atoms with E-state index >= 15 is 0 Å². The van der Waals surface area contributed by atoms with Gasteiger partial charge in [0.15, 0.2) is 0 Å². The van der Waals surface area contributed by atoms with E-state index in [4.69, 9.17) is 9.05 Å². The molecule has 2 aromatic rings. The smallest absolute Gasteiger partial charge is 0.392 e. The SMILES string of the molecule is Cc1cccc(OP(=O)(F)Oc2cccc(C)c2C)c1C. The maximum Gasteiger partial charge on any atom is 0.628 e. The summed E-state index contributed by atoms with van der Waals surface area (Å²) in [5.41, 5.74) is 3.33. The number of aryl methyl sites for hydroxylation is 2. The molecule has 0 atom stereocenters. The number of halogens is 1. The van der Waals surface area contributed by atoms with Crippen molar-refractivity contribution in [1.82, 2.24) is 0 Å². The van der Waals surface area contributed by atoms with Gasteiger partial charge in [-0.05, 0) is 62.1 Å². The zero-order valence-electron chi connectivity index (χ0n) is 12.5. The van der Waals surface area contributed by atoms with Crippen molar-refractivity contribution in [1.29, 1.82) is 0 Å². The Bertz CT molecular complexity index is 655. The summed E-state index contributed by atoms with van der Waals surface area (Å²) in [5, 5.41) is 0. The molecule has 0 spiro atoms. The zero-order valence-corrected chi connectivity index (χ0v) is 13.4. The molecule has 0 saturated heterocycles. The van der Waals surface area contributed by atoms with E-state index in [-0.39, 0.29) is 11.5 Å². The van der Waals surface area contributed by atoms with Crippen LogP contribution in [0.5, 0.6) is 11.5 Å². The van der Waals surface area contributed by atoms with Crippen LogP contribution >= 0.6 is 7.91 Å². The molecule has 0 saturated carbocycles. The predicted octanol–water partition coefficient (Wildman–Crippen LogP) is 5.46. The Balaban J connectivity index is 2.25. The average molecular weight is 308 g/mol. The van der Waals surface area contributed by atoms with Gasteiger partial charge in [0.05, 0.1) is 0 Å². The predicted molar refractivity (Wildman–Crippen MR) is 81.8 cm³/mol. The van der Waals surface area contributed by atoms with Gasteiger partial charge in [-0.1, -0.05) is 24.3 Å². The Hall–Kier alpha value is -1.80. The second-order valence-electron chi connectivity index (χ2n) is 5.01. The normalized spacial score (nSPS) is 11.3. The molecule has 0 aliphatic rings. The van der Waals surface area contributed by atoms with Crippen molar-refractivity contribution in [2.75, 3.05) is 0 Å². The first-order valence-corrected chi connectivity index (χ1v) is 8.05. The Morgan fingerprint density at radius 2 is 1.19 bits per heavy atom. The van der Waals surface area contributed by atoms with Crippen LogP contribution in [-0.2, 0) is 4.57 Å². The summed E-state index contributed by atoms with van der Waals surface area (Å²) in [7, 11) is -4.73. The van der Waals surface area contributed by atoms with E-state index in [1.807, 2.05) is 26.0 Å². The van der Waals surface area contributed by atoms with E-state index < -0.39 is 7.91 Å². The number of hydrogen-bond acceptors (Lipinski definition) is 3. The first-order valence-electron chi connectivity index (χ1n) is 6.61. The molecular weight excluding hydrogens is 290 g/mol. The van der Waals surface area contributed by atoms with Gasteiger partial charge in [0, 0.05) is 0 Å². The second kappa shape index (κ2) is 5.90. The van der Waals surface area contributed by atoms with E-state index in [0.717, 1.165) is 22.3 Å². The van der Waals surface area contributed by atoms with E-state index in [1.54, 1.807) is 38.1 Å². The van der Waals surface area contributed by atoms with Crippen molar-refractivity contribution in [3.63, 3.8) is 0 Å². The molecule has 2 rings (SSSR count). The van der Waals surface area contributed by atoms with Crippen LogP contribution in [0.25, 0.3) is 0 Å². The van der Waals surface area contributed by atoms with Gasteiger partial charge in [0.2, 0.25) is 0 Å². The largest absolute Gasteiger partial charge is 0.628 e. The van der Waals surface area contributed by atoms with Crippen molar-refractivity contribution < 1.29 is 17.8 Å². The maximum absolute atomic E-state index is 14.2. The Kier molecular flexibility index (Phi) is 4.38. The van der Waals surface area contributed by atoms with Gasteiger partial charge in [0.1, 0.15) is 11.5 Å². The van der Waals surface area contributed by atoms with Crippen LogP contribution < -0.4 is 9.05 Å². The summed E-state index contributed by atoms with van der Waals surface area (Å²) in [6.45, 7) is 7.30. The fourth-order valence-electron chi connectivity index (χ4n) is 1.90. The van der Waals surface area contributed by atoms with Crippen LogP contribution in [0.4, 0.5) is 4.20 Å². The van der Waals surface area contributed by atoms with Gasteiger partial charge in [-0.15, -0.1) is 4.20 Å². The highest BCUT2D eigenvalue weighted by atomic mass is 31.2. The summed E-state index contributed by atoms with van der Waals surface area (Å²) in [5.74, 6) is 0.456. The number of hydrogen-bond donors (Lipinski definition) is 0. The van der Waals surface area contributed by atoms with Crippen molar-refractivity contribution >= 4 is 7.91 Å². The maximum atomic E-state index is 14.2. The molecule has 0 unspecified atom stereocenters. The van der Waals surface area contributed by atoms with Crippen molar-refractivity contribution in [3.05, 3.63) is 58.7 Å². The highest BCUT2D eigenvalue weighted by Crippen LogP contribution is 2.51. The van der Waals surface area contributed by atoms with Crippen LogP contribution in [0.3, 0.4) is 0 Å². The van der Waals surface area contributed by atoms with Crippen LogP contribution in [0.15, 0.2) is 36.4 Å². The number of rotatable bonds is 4. The van der Waals surface area contributed by atoms with Gasteiger partial charge < -0.3 is 9.05 Å². The molecule has 2 aromatic carbocycles. The van der Waals surface area contributed by atoms with Crippen molar-refractivity contribution in [3.8, 4) is 11.5 Å². The molecule has 0 radical (unpaired) electrons. The molecule has 0 amide bonds. The highest BCUT2D eigenvalue weighted by molar-refractivity contribution is 7.48. The molecule has 0 aliphatic heterocycles. The van der Waals surface area contributed by atoms with E-state index in [0.29, 0.717) is 0 Å². The molecule has 0 aliphatic carbocycles. The molecule has 21 heavy (non-hydrogen) atoms. The lowest BCUT2D eigenvalue weighted by Gasteiger charge is -2.16. The van der Waals surface area contributed by atoms with E-state index in [9.17, 15) is 8.76 Å². The minimum absolute atomic E-state index is 0.228. The third-order valence-electron chi connectivity index (χ3n) is 3.52. The first-order chi connectivity index (χ1) is 9.80. The molecule has 0 N–H and O–H groups in total. The van der Waals surface area contributed by atoms with Gasteiger partial charge in [0.25, 0.3) is 0 Å². The van der Waals surface area contributed by atoms with Gasteiger partial charge in [-0.25, -0.2) is 4.57 Å². The lowest BCUT2D eigenvalue weighted by atomic mass is 10.1. The molecular formula is C16H18FO3P. The van der Waals surface area contributed by atoms with Crippen molar-refractivity contribution in [2.45, 2.75) is 27.7 Å². The van der Waals surface area contributed by atoms with Gasteiger partial charge in [-0.3, -0.25) is 0 Å². The summed E-state index contributed by atoms with van der Waals surface area (Å²) in [4.78, 5) is 0. The van der Waals surface area contributed by atoms with Crippen LogP contribution in [0, 0.1) is 27.7 Å². The molecule has 112 valence electrons. The molecule has 0 bridgehead atoms. The monoisotopic (exact) mass is 308 g/mol. The van der Waals surface area contributed by atoms with Crippen LogP contribution in [-0.4, -0.2) is 0 Å². The number of benzene rings is 2. The fraction of sp³-hybridized carbons (Fsp3) is 0.250. The minimum Gasteiger partial charge on any atom is -0.392 e. The second-order valence-corrected chi connectivity index (χ2v) is 6.24. The van der Waals surface area contributed by atoms with E-state index in [1.165, 1.54) is 0 Å². The molecule has 0 fully saturated rings. The lowest BCUT2D eigenvalue weighted by molar-refractivity contribution is 0.336. The highest BCUT2D eigenvalue weighted by Gasteiger charge is 2.30. The third kappa shape index (κ3) is 3.64. The molecule has 0 aromatic heterocycles. The molecule has 0 heterocycles.